The molecule has 52 heavy (non-hydrogen) atoms. The molecular formula is C46H32Cl3NO2. The third kappa shape index (κ3) is 5.59. The average molecular weight is 737 g/mol. The van der Waals surface area contributed by atoms with Crippen LogP contribution < -0.4 is 0 Å². The van der Waals surface area contributed by atoms with Crippen molar-refractivity contribution >= 4 is 62.1 Å². The number of aliphatic hydroxyl groups is 1. The fourth-order valence-electron chi connectivity index (χ4n) is 8.75. The predicted molar refractivity (Wildman–Crippen MR) is 211 cm³/mol. The van der Waals surface area contributed by atoms with E-state index < -0.39 is 28.8 Å². The minimum absolute atomic E-state index is 0.0496. The molecule has 0 aliphatic heterocycles. The molecule has 3 nitrogen and oxygen atoms in total. The van der Waals surface area contributed by atoms with Gasteiger partial charge in [-0.3, -0.25) is 4.79 Å². The highest BCUT2D eigenvalue weighted by atomic mass is 35.5. The third-order valence-electron chi connectivity index (χ3n) is 11.0. The van der Waals surface area contributed by atoms with E-state index in [0.717, 1.165) is 27.1 Å². The topological polar surface area (TPSA) is 61.1 Å². The van der Waals surface area contributed by atoms with Crippen molar-refractivity contribution < 1.29 is 9.90 Å². The Hall–Kier alpha value is -4.95. The fraction of sp³-hybridized carbons (Fsp3) is 0.130. The fourth-order valence-corrected chi connectivity index (χ4v) is 9.19. The zero-order valence-electron chi connectivity index (χ0n) is 27.9. The lowest BCUT2D eigenvalue weighted by Crippen LogP contribution is -2.58. The minimum atomic E-state index is -1.78. The Balaban J connectivity index is 1.53. The maximum absolute atomic E-state index is 15.8. The van der Waals surface area contributed by atoms with Crippen LogP contribution in [0.15, 0.2) is 158 Å². The van der Waals surface area contributed by atoms with Gasteiger partial charge < -0.3 is 5.11 Å². The number of halogens is 3. The predicted octanol–water partition coefficient (Wildman–Crippen LogP) is 12.1. The maximum Gasteiger partial charge on any atom is 0.170 e. The number of carbonyl (C=O) groups excluding carboxylic acids is 1. The van der Waals surface area contributed by atoms with Gasteiger partial charge >= 0.3 is 0 Å². The zero-order chi connectivity index (χ0) is 36.0. The Kier molecular flexibility index (Phi) is 8.90. The molecule has 1 aliphatic rings. The Labute approximate surface area is 317 Å². The molecule has 1 fully saturated rings. The van der Waals surface area contributed by atoms with Crippen LogP contribution in [0.25, 0.3) is 21.5 Å². The largest absolute Gasteiger partial charge is 0.384 e. The molecule has 7 aromatic carbocycles. The summed E-state index contributed by atoms with van der Waals surface area (Å²) in [5.74, 6) is -2.93. The van der Waals surface area contributed by atoms with E-state index >= 15 is 4.79 Å². The first-order valence-electron chi connectivity index (χ1n) is 17.2. The van der Waals surface area contributed by atoms with E-state index in [1.807, 2.05) is 127 Å². The van der Waals surface area contributed by atoms with Gasteiger partial charge in [-0.25, -0.2) is 0 Å². The molecular weight excluding hydrogens is 705 g/mol. The first-order chi connectivity index (χ1) is 25.2. The number of rotatable bonds is 6. The highest BCUT2D eigenvalue weighted by molar-refractivity contribution is 6.31. The van der Waals surface area contributed by atoms with Gasteiger partial charge in [-0.15, -0.1) is 0 Å². The summed E-state index contributed by atoms with van der Waals surface area (Å²) >= 11 is 19.7. The molecule has 0 amide bonds. The van der Waals surface area contributed by atoms with Crippen LogP contribution in [0.5, 0.6) is 0 Å². The normalized spacial score (nSPS) is 22.9. The molecule has 0 spiro atoms. The standard InChI is InChI=1S/C46H32Cl3NO2/c47-34-22-18-31(19-23-34)41-27-46(52,40-17-6-11-30-9-2-4-15-38(30)40)43(44(51)39-16-5-10-29-8-1-3-14-37(29)39)42(32-20-24-35(48)25-21-32)45(41,28-50)33-12-7-13-36(49)26-33/h1-26,41-43,52H,27H2. The Morgan fingerprint density at radius 1 is 0.635 bits per heavy atom. The van der Waals surface area contributed by atoms with Gasteiger partial charge in [0.1, 0.15) is 5.60 Å². The lowest BCUT2D eigenvalue weighted by molar-refractivity contribution is -0.0727. The molecule has 5 unspecified atom stereocenters. The molecule has 1 aliphatic carbocycles. The number of nitrogens with zero attached hydrogens (tertiary/aromatic N) is 1. The van der Waals surface area contributed by atoms with Crippen LogP contribution in [-0.2, 0) is 11.0 Å². The van der Waals surface area contributed by atoms with Crippen LogP contribution in [0.2, 0.25) is 15.1 Å². The smallest absolute Gasteiger partial charge is 0.170 e. The van der Waals surface area contributed by atoms with Crippen LogP contribution in [0.3, 0.4) is 0 Å². The molecule has 1 N–H and O–H groups in total. The Bertz CT molecular complexity index is 2500. The molecule has 0 bridgehead atoms. The quantitative estimate of drug-likeness (QED) is 0.173. The maximum atomic E-state index is 15.8. The number of hydrogen-bond donors (Lipinski definition) is 1. The van der Waals surface area contributed by atoms with Gasteiger partial charge in [-0.2, -0.15) is 5.26 Å². The Morgan fingerprint density at radius 3 is 1.85 bits per heavy atom. The summed E-state index contributed by atoms with van der Waals surface area (Å²) in [7, 11) is 0. The van der Waals surface area contributed by atoms with E-state index in [0.29, 0.717) is 37.3 Å². The van der Waals surface area contributed by atoms with Crippen molar-refractivity contribution in [3.05, 3.63) is 201 Å². The first-order valence-corrected chi connectivity index (χ1v) is 18.3. The van der Waals surface area contributed by atoms with Gasteiger partial charge in [-0.1, -0.05) is 156 Å². The molecule has 5 atom stereocenters. The van der Waals surface area contributed by atoms with Crippen LogP contribution in [0, 0.1) is 17.2 Å². The van der Waals surface area contributed by atoms with Crippen LogP contribution in [0.1, 0.15) is 50.9 Å². The van der Waals surface area contributed by atoms with E-state index in [2.05, 4.69) is 6.07 Å². The summed E-state index contributed by atoms with van der Waals surface area (Å²) in [4.78, 5) is 15.8. The molecule has 7 aromatic rings. The van der Waals surface area contributed by atoms with Crippen LogP contribution >= 0.6 is 34.8 Å². The molecule has 0 aromatic heterocycles. The molecule has 6 heteroatoms. The molecule has 8 rings (SSSR count). The van der Waals surface area contributed by atoms with E-state index in [1.54, 1.807) is 30.3 Å². The second kappa shape index (κ2) is 13.6. The van der Waals surface area contributed by atoms with Gasteiger partial charge in [0.25, 0.3) is 0 Å². The van der Waals surface area contributed by atoms with Crippen molar-refractivity contribution in [2.45, 2.75) is 29.3 Å². The summed E-state index contributed by atoms with van der Waals surface area (Å²) in [6.45, 7) is 0. The average Bonchev–Trinajstić information content (AvgIpc) is 3.17. The second-order valence-electron chi connectivity index (χ2n) is 13.6. The van der Waals surface area contributed by atoms with E-state index in [4.69, 9.17) is 34.8 Å². The highest BCUT2D eigenvalue weighted by Crippen LogP contribution is 2.64. The van der Waals surface area contributed by atoms with E-state index in [9.17, 15) is 10.4 Å². The summed E-state index contributed by atoms with van der Waals surface area (Å²) < 4.78 is 0. The van der Waals surface area contributed by atoms with Crippen molar-refractivity contribution in [3.63, 3.8) is 0 Å². The van der Waals surface area contributed by atoms with E-state index in [-0.39, 0.29) is 12.2 Å². The summed E-state index contributed by atoms with van der Waals surface area (Å²) in [5, 5.41) is 30.7. The molecule has 0 radical (unpaired) electrons. The molecule has 0 heterocycles. The first kappa shape index (κ1) is 34.2. The van der Waals surface area contributed by atoms with Crippen molar-refractivity contribution in [1.82, 2.24) is 0 Å². The number of Topliss-reactive ketones (excluding diaryl/α,β-unsaturated/α-hetero) is 1. The van der Waals surface area contributed by atoms with Gasteiger partial charge in [0, 0.05) is 32.5 Å². The van der Waals surface area contributed by atoms with Gasteiger partial charge in [0.2, 0.25) is 0 Å². The minimum Gasteiger partial charge on any atom is -0.384 e. The Morgan fingerprint density at radius 2 is 1.19 bits per heavy atom. The number of ketones is 1. The van der Waals surface area contributed by atoms with E-state index in [1.165, 1.54) is 0 Å². The molecule has 0 saturated heterocycles. The van der Waals surface area contributed by atoms with Crippen molar-refractivity contribution in [1.29, 1.82) is 5.26 Å². The van der Waals surface area contributed by atoms with Crippen molar-refractivity contribution in [3.8, 4) is 6.07 Å². The summed E-state index contributed by atoms with van der Waals surface area (Å²) in [5.41, 5.74) is 0.0688. The zero-order valence-corrected chi connectivity index (χ0v) is 30.2. The molecule has 254 valence electrons. The third-order valence-corrected chi connectivity index (χ3v) is 11.7. The number of nitriles is 1. The number of hydrogen-bond acceptors (Lipinski definition) is 3. The summed E-state index contributed by atoms with van der Waals surface area (Å²) in [6.07, 6.45) is 0.0496. The number of fused-ring (bicyclic) bond motifs is 2. The molecule has 1 saturated carbocycles. The van der Waals surface area contributed by atoms with Crippen LogP contribution in [-0.4, -0.2) is 10.9 Å². The van der Waals surface area contributed by atoms with Gasteiger partial charge in [0.05, 0.1) is 17.4 Å². The van der Waals surface area contributed by atoms with Gasteiger partial charge in [0.15, 0.2) is 5.78 Å². The number of carbonyl (C=O) groups is 1. The van der Waals surface area contributed by atoms with Crippen molar-refractivity contribution in [2.24, 2.45) is 5.92 Å². The van der Waals surface area contributed by atoms with Crippen molar-refractivity contribution in [2.75, 3.05) is 0 Å². The van der Waals surface area contributed by atoms with Crippen LogP contribution in [0.4, 0.5) is 0 Å². The summed E-state index contributed by atoms with van der Waals surface area (Å²) in [6, 6.07) is 52.1. The monoisotopic (exact) mass is 735 g/mol. The van der Waals surface area contributed by atoms with Gasteiger partial charge in [-0.05, 0) is 86.6 Å². The lowest BCUT2D eigenvalue weighted by atomic mass is 9.45. The second-order valence-corrected chi connectivity index (χ2v) is 15.0. The lowest BCUT2D eigenvalue weighted by Gasteiger charge is -2.56. The highest BCUT2D eigenvalue weighted by Gasteiger charge is 2.64. The SMILES string of the molecule is N#CC1(c2cccc(Cl)c2)C(c2ccc(Cl)cc2)CC(O)(c2cccc3ccccc23)C(C(=O)c2cccc3ccccc23)C1c1ccc(Cl)cc1. The number of benzene rings is 7.